The zero-order valence-electron chi connectivity index (χ0n) is 14.8. The molecule has 136 valence electrons. The van der Waals surface area contributed by atoms with E-state index in [1.54, 1.807) is 30.3 Å². The maximum Gasteiger partial charge on any atom is 0.253 e. The number of ketones is 1. The highest BCUT2D eigenvalue weighted by molar-refractivity contribution is 7.14. The van der Waals surface area contributed by atoms with Gasteiger partial charge in [-0.2, -0.15) is 0 Å². The highest BCUT2D eigenvalue weighted by Crippen LogP contribution is 2.18. The van der Waals surface area contributed by atoms with Crippen molar-refractivity contribution in [2.24, 2.45) is 0 Å². The molecule has 0 saturated carbocycles. The van der Waals surface area contributed by atoms with E-state index in [0.29, 0.717) is 16.1 Å². The minimum atomic E-state index is -0.203. The molecule has 0 unspecified atom stereocenters. The van der Waals surface area contributed by atoms with E-state index in [4.69, 9.17) is 0 Å². The Hall–Kier alpha value is -2.47. The summed E-state index contributed by atoms with van der Waals surface area (Å²) < 4.78 is 0. The van der Waals surface area contributed by atoms with Crippen molar-refractivity contribution in [2.45, 2.75) is 32.6 Å². The number of thiophene rings is 1. The van der Waals surface area contributed by atoms with E-state index in [9.17, 15) is 14.4 Å². The van der Waals surface area contributed by atoms with Crippen molar-refractivity contribution in [1.82, 2.24) is 4.90 Å². The number of anilines is 1. The third-order valence-electron chi connectivity index (χ3n) is 4.40. The average Bonchev–Trinajstić information content (AvgIpc) is 3.31. The van der Waals surface area contributed by atoms with Gasteiger partial charge in [-0.3, -0.25) is 14.4 Å². The lowest BCUT2D eigenvalue weighted by molar-refractivity contribution is -0.116. The summed E-state index contributed by atoms with van der Waals surface area (Å²) in [5.41, 5.74) is 1.26. The quantitative estimate of drug-likeness (QED) is 0.785. The van der Waals surface area contributed by atoms with E-state index >= 15 is 0 Å². The van der Waals surface area contributed by atoms with Crippen LogP contribution in [-0.2, 0) is 4.79 Å². The van der Waals surface area contributed by atoms with E-state index < -0.39 is 0 Å². The Labute approximate surface area is 157 Å². The molecule has 2 amide bonds. The molecule has 0 bridgehead atoms. The number of likely N-dealkylation sites (tertiary alicyclic amines) is 1. The number of benzene rings is 1. The number of carbonyl (C=O) groups is 3. The van der Waals surface area contributed by atoms with Gasteiger partial charge in [-0.1, -0.05) is 0 Å². The highest BCUT2D eigenvalue weighted by atomic mass is 32.1. The molecule has 1 fully saturated rings. The van der Waals surface area contributed by atoms with Gasteiger partial charge in [0.25, 0.3) is 5.91 Å². The zero-order valence-corrected chi connectivity index (χ0v) is 15.6. The number of nitrogens with zero attached hydrogens (tertiary/aromatic N) is 1. The fourth-order valence-electron chi connectivity index (χ4n) is 2.96. The molecular formula is C20H22N2O3S. The molecule has 2 aromatic rings. The Morgan fingerprint density at radius 1 is 1.00 bits per heavy atom. The van der Waals surface area contributed by atoms with Crippen LogP contribution in [0.3, 0.4) is 0 Å². The number of aryl methyl sites for hydroxylation is 1. The third kappa shape index (κ3) is 4.58. The van der Waals surface area contributed by atoms with Gasteiger partial charge >= 0.3 is 0 Å². The van der Waals surface area contributed by atoms with Crippen LogP contribution in [0.15, 0.2) is 36.4 Å². The van der Waals surface area contributed by atoms with Gasteiger partial charge in [-0.15, -0.1) is 11.3 Å². The number of hydrogen-bond acceptors (Lipinski definition) is 4. The van der Waals surface area contributed by atoms with Crippen molar-refractivity contribution in [3.8, 4) is 0 Å². The van der Waals surface area contributed by atoms with Crippen LogP contribution in [-0.4, -0.2) is 35.6 Å². The van der Waals surface area contributed by atoms with Crippen molar-refractivity contribution in [3.05, 3.63) is 51.7 Å². The van der Waals surface area contributed by atoms with E-state index in [1.165, 1.54) is 11.3 Å². The molecule has 1 aliphatic rings. The second-order valence-electron chi connectivity index (χ2n) is 6.46. The summed E-state index contributed by atoms with van der Waals surface area (Å²) in [5.74, 6) is -0.174. The smallest absolute Gasteiger partial charge is 0.253 e. The summed E-state index contributed by atoms with van der Waals surface area (Å²) in [6, 6.07) is 10.6. The molecule has 0 spiro atoms. The monoisotopic (exact) mass is 370 g/mol. The van der Waals surface area contributed by atoms with Gasteiger partial charge in [-0.05, 0) is 56.2 Å². The summed E-state index contributed by atoms with van der Waals surface area (Å²) in [6.07, 6.45) is 2.45. The van der Waals surface area contributed by atoms with Crippen LogP contribution in [0.2, 0.25) is 0 Å². The summed E-state index contributed by atoms with van der Waals surface area (Å²) in [4.78, 5) is 40.0. The second kappa shape index (κ2) is 8.27. The third-order valence-corrected chi connectivity index (χ3v) is 5.44. The Morgan fingerprint density at radius 2 is 1.69 bits per heavy atom. The lowest BCUT2D eigenvalue weighted by Gasteiger charge is -2.15. The summed E-state index contributed by atoms with van der Waals surface area (Å²) in [7, 11) is 0. The van der Waals surface area contributed by atoms with Crippen LogP contribution in [0.4, 0.5) is 5.69 Å². The van der Waals surface area contributed by atoms with Crippen molar-refractivity contribution < 1.29 is 14.4 Å². The van der Waals surface area contributed by atoms with Gasteiger partial charge in [0.2, 0.25) is 5.91 Å². The number of carbonyl (C=O) groups excluding carboxylic acids is 3. The molecule has 3 rings (SSSR count). The Balaban J connectivity index is 1.49. The van der Waals surface area contributed by atoms with E-state index in [-0.39, 0.29) is 30.4 Å². The van der Waals surface area contributed by atoms with Crippen molar-refractivity contribution >= 4 is 34.6 Å². The van der Waals surface area contributed by atoms with E-state index in [1.807, 2.05) is 17.9 Å². The molecule has 0 atom stereocenters. The standard InChI is InChI=1S/C20H22N2O3S/c1-14-4-10-18(26-14)17(23)9-11-19(24)21-16-7-5-15(6-8-16)20(25)22-12-2-3-13-22/h4-8,10H,2-3,9,11-13H2,1H3,(H,21,24). The first-order valence-electron chi connectivity index (χ1n) is 8.82. The number of rotatable bonds is 6. The van der Waals surface area contributed by atoms with Gasteiger partial charge < -0.3 is 10.2 Å². The lowest BCUT2D eigenvalue weighted by Crippen LogP contribution is -2.27. The zero-order chi connectivity index (χ0) is 18.5. The van der Waals surface area contributed by atoms with E-state index in [0.717, 1.165) is 30.8 Å². The molecular weight excluding hydrogens is 348 g/mol. The number of nitrogens with one attached hydrogen (secondary N) is 1. The van der Waals surface area contributed by atoms with Crippen LogP contribution >= 0.6 is 11.3 Å². The molecule has 1 aliphatic heterocycles. The van der Waals surface area contributed by atoms with Gasteiger partial charge in [-0.25, -0.2) is 0 Å². The number of Topliss-reactive ketones (excluding diaryl/α,β-unsaturated/α-hetero) is 1. The van der Waals surface area contributed by atoms with Gasteiger partial charge in [0, 0.05) is 42.1 Å². The van der Waals surface area contributed by atoms with Crippen LogP contribution in [0.25, 0.3) is 0 Å². The fraction of sp³-hybridized carbons (Fsp3) is 0.350. The molecule has 0 aliphatic carbocycles. The van der Waals surface area contributed by atoms with Crippen LogP contribution < -0.4 is 5.32 Å². The maximum absolute atomic E-state index is 12.3. The predicted octanol–water partition coefficient (Wildman–Crippen LogP) is 3.89. The maximum atomic E-state index is 12.3. The second-order valence-corrected chi connectivity index (χ2v) is 7.75. The Morgan fingerprint density at radius 3 is 2.31 bits per heavy atom. The fourth-order valence-corrected chi connectivity index (χ4v) is 3.79. The van der Waals surface area contributed by atoms with Gasteiger partial charge in [0.05, 0.1) is 4.88 Å². The summed E-state index contributed by atoms with van der Waals surface area (Å²) in [5, 5.41) is 2.78. The summed E-state index contributed by atoms with van der Waals surface area (Å²) in [6.45, 7) is 3.58. The predicted molar refractivity (Wildman–Crippen MR) is 103 cm³/mol. The van der Waals surface area contributed by atoms with Gasteiger partial charge in [0.1, 0.15) is 0 Å². The molecule has 5 nitrogen and oxygen atoms in total. The molecule has 1 saturated heterocycles. The topological polar surface area (TPSA) is 66.5 Å². The minimum Gasteiger partial charge on any atom is -0.339 e. The van der Waals surface area contributed by atoms with Crippen LogP contribution in [0, 0.1) is 6.92 Å². The molecule has 2 heterocycles. The molecule has 1 aromatic carbocycles. The SMILES string of the molecule is Cc1ccc(C(=O)CCC(=O)Nc2ccc(C(=O)N3CCCC3)cc2)s1. The van der Waals surface area contributed by atoms with Crippen molar-refractivity contribution in [1.29, 1.82) is 0 Å². The largest absolute Gasteiger partial charge is 0.339 e. The summed E-state index contributed by atoms with van der Waals surface area (Å²) >= 11 is 1.45. The normalized spacial score (nSPS) is 13.7. The Kier molecular flexibility index (Phi) is 5.83. The number of hydrogen-bond donors (Lipinski definition) is 1. The van der Waals surface area contributed by atoms with E-state index in [2.05, 4.69) is 5.32 Å². The molecule has 1 N–H and O–H groups in total. The highest BCUT2D eigenvalue weighted by Gasteiger charge is 2.19. The van der Waals surface area contributed by atoms with Gasteiger partial charge in [0.15, 0.2) is 5.78 Å². The lowest BCUT2D eigenvalue weighted by atomic mass is 10.1. The average molecular weight is 370 g/mol. The van der Waals surface area contributed by atoms with Crippen molar-refractivity contribution in [2.75, 3.05) is 18.4 Å². The first-order valence-corrected chi connectivity index (χ1v) is 9.63. The van der Waals surface area contributed by atoms with Crippen LogP contribution in [0.1, 0.15) is 50.6 Å². The minimum absolute atomic E-state index is 0.00944. The van der Waals surface area contributed by atoms with Crippen molar-refractivity contribution in [3.63, 3.8) is 0 Å². The molecule has 6 heteroatoms. The first kappa shape index (κ1) is 18.3. The first-order chi connectivity index (χ1) is 12.5. The molecule has 0 radical (unpaired) electrons. The number of amides is 2. The molecule has 1 aromatic heterocycles. The molecule has 26 heavy (non-hydrogen) atoms. The van der Waals surface area contributed by atoms with Crippen LogP contribution in [0.5, 0.6) is 0 Å². The Bertz CT molecular complexity index is 805.